The summed E-state index contributed by atoms with van der Waals surface area (Å²) in [6, 6.07) is 2.54. The normalized spacial score (nSPS) is 22.6. The first-order valence-corrected chi connectivity index (χ1v) is 6.09. The van der Waals surface area contributed by atoms with Crippen molar-refractivity contribution in [3.05, 3.63) is 17.5 Å². The first-order chi connectivity index (χ1) is 7.40. The Morgan fingerprint density at radius 2 is 2.40 bits per heavy atom. The molecule has 0 bridgehead atoms. The summed E-state index contributed by atoms with van der Waals surface area (Å²) in [6.45, 7) is 3.27. The van der Waals surface area contributed by atoms with Gasteiger partial charge in [0.05, 0.1) is 6.04 Å². The third-order valence-corrected chi connectivity index (χ3v) is 2.99. The van der Waals surface area contributed by atoms with Gasteiger partial charge in [-0.15, -0.1) is 0 Å². The fraction of sp³-hybridized carbons (Fsp3) is 0.750. The van der Waals surface area contributed by atoms with E-state index in [2.05, 4.69) is 23.5 Å². The highest BCUT2D eigenvalue weighted by Gasteiger charge is 2.17. The van der Waals surface area contributed by atoms with Gasteiger partial charge in [-0.3, -0.25) is 0 Å². The lowest BCUT2D eigenvalue weighted by Gasteiger charge is -2.11. The number of hydrogen-bond acceptors (Lipinski definition) is 3. The number of hydrogen-bond donors (Lipinski definition) is 1. The first kappa shape index (κ1) is 10.7. The van der Waals surface area contributed by atoms with Crippen molar-refractivity contribution < 1.29 is 4.52 Å². The molecule has 2 heterocycles. The van der Waals surface area contributed by atoms with E-state index in [1.165, 1.54) is 25.7 Å². The van der Waals surface area contributed by atoms with E-state index in [9.17, 15) is 0 Å². The smallest absolute Gasteiger partial charge is 0.137 e. The SMILES string of the molecule is CCCc1cc([C@@H]2CCCCCN2)no1. The highest BCUT2D eigenvalue weighted by Crippen LogP contribution is 2.22. The van der Waals surface area contributed by atoms with Gasteiger partial charge in [0, 0.05) is 12.5 Å². The van der Waals surface area contributed by atoms with E-state index in [1.54, 1.807) is 0 Å². The van der Waals surface area contributed by atoms with Crippen molar-refractivity contribution in [2.75, 3.05) is 6.54 Å². The van der Waals surface area contributed by atoms with Crippen LogP contribution in [0.4, 0.5) is 0 Å². The molecule has 0 saturated carbocycles. The van der Waals surface area contributed by atoms with E-state index < -0.39 is 0 Å². The van der Waals surface area contributed by atoms with Crippen molar-refractivity contribution in [3.8, 4) is 0 Å². The molecule has 0 radical (unpaired) electrons. The quantitative estimate of drug-likeness (QED) is 0.830. The van der Waals surface area contributed by atoms with Gasteiger partial charge in [0.25, 0.3) is 0 Å². The maximum Gasteiger partial charge on any atom is 0.137 e. The van der Waals surface area contributed by atoms with Crippen LogP contribution in [0.1, 0.15) is 56.5 Å². The Hall–Kier alpha value is -0.830. The minimum Gasteiger partial charge on any atom is -0.361 e. The van der Waals surface area contributed by atoms with E-state index in [4.69, 9.17) is 4.52 Å². The lowest BCUT2D eigenvalue weighted by atomic mass is 10.1. The molecule has 1 atom stereocenters. The second kappa shape index (κ2) is 5.31. The maximum atomic E-state index is 5.31. The van der Waals surface area contributed by atoms with E-state index in [1.807, 2.05) is 0 Å². The molecular weight excluding hydrogens is 188 g/mol. The standard InChI is InChI=1S/C12H20N2O/c1-2-6-10-9-12(14-15-10)11-7-4-3-5-8-13-11/h9,11,13H,2-8H2,1H3/t11-/m0/s1. The Bertz CT molecular complexity index is 288. The fourth-order valence-corrected chi connectivity index (χ4v) is 2.14. The molecule has 2 rings (SSSR count). The Labute approximate surface area is 91.2 Å². The molecular formula is C12H20N2O. The third-order valence-electron chi connectivity index (χ3n) is 2.99. The van der Waals surface area contributed by atoms with Crippen LogP contribution >= 0.6 is 0 Å². The molecule has 1 aliphatic rings. The Balaban J connectivity index is 2.00. The third kappa shape index (κ3) is 2.81. The van der Waals surface area contributed by atoms with Crippen molar-refractivity contribution >= 4 is 0 Å². The average Bonchev–Trinajstić information content (AvgIpc) is 2.53. The second-order valence-corrected chi connectivity index (χ2v) is 4.32. The van der Waals surface area contributed by atoms with Gasteiger partial charge in [-0.1, -0.05) is 24.9 Å². The van der Waals surface area contributed by atoms with E-state index in [-0.39, 0.29) is 0 Å². The van der Waals surface area contributed by atoms with Crippen molar-refractivity contribution in [1.82, 2.24) is 10.5 Å². The van der Waals surface area contributed by atoms with Crippen molar-refractivity contribution in [2.24, 2.45) is 0 Å². The first-order valence-electron chi connectivity index (χ1n) is 6.09. The summed E-state index contributed by atoms with van der Waals surface area (Å²) in [6.07, 6.45) is 7.23. The summed E-state index contributed by atoms with van der Waals surface area (Å²) in [4.78, 5) is 0. The van der Waals surface area contributed by atoms with Crippen LogP contribution in [-0.4, -0.2) is 11.7 Å². The van der Waals surface area contributed by atoms with Crippen LogP contribution in [0.15, 0.2) is 10.6 Å². The van der Waals surface area contributed by atoms with Gasteiger partial charge in [0.15, 0.2) is 0 Å². The van der Waals surface area contributed by atoms with Gasteiger partial charge in [0.2, 0.25) is 0 Å². The summed E-state index contributed by atoms with van der Waals surface area (Å²) < 4.78 is 5.31. The Kier molecular flexibility index (Phi) is 3.78. The van der Waals surface area contributed by atoms with Crippen LogP contribution in [0.5, 0.6) is 0 Å². The largest absolute Gasteiger partial charge is 0.361 e. The van der Waals surface area contributed by atoms with Crippen molar-refractivity contribution in [2.45, 2.75) is 51.5 Å². The molecule has 0 spiro atoms. The topological polar surface area (TPSA) is 38.1 Å². The molecule has 1 fully saturated rings. The van der Waals surface area contributed by atoms with Gasteiger partial charge in [-0.05, 0) is 25.8 Å². The Morgan fingerprint density at radius 1 is 1.47 bits per heavy atom. The molecule has 1 aromatic rings. The summed E-state index contributed by atoms with van der Waals surface area (Å²) in [7, 11) is 0. The zero-order valence-corrected chi connectivity index (χ0v) is 9.46. The highest BCUT2D eigenvalue weighted by atomic mass is 16.5. The lowest BCUT2D eigenvalue weighted by molar-refractivity contribution is 0.364. The maximum absolute atomic E-state index is 5.31. The molecule has 1 aromatic heterocycles. The van der Waals surface area contributed by atoms with Gasteiger partial charge < -0.3 is 9.84 Å². The number of nitrogens with zero attached hydrogens (tertiary/aromatic N) is 1. The van der Waals surface area contributed by atoms with E-state index >= 15 is 0 Å². The van der Waals surface area contributed by atoms with Gasteiger partial charge >= 0.3 is 0 Å². The molecule has 84 valence electrons. The Morgan fingerprint density at radius 3 is 3.27 bits per heavy atom. The fourth-order valence-electron chi connectivity index (χ4n) is 2.14. The average molecular weight is 208 g/mol. The lowest BCUT2D eigenvalue weighted by Crippen LogP contribution is -2.20. The summed E-state index contributed by atoms with van der Waals surface area (Å²) in [5.41, 5.74) is 1.10. The monoisotopic (exact) mass is 208 g/mol. The molecule has 0 amide bonds. The van der Waals surface area contributed by atoms with Crippen LogP contribution < -0.4 is 5.32 Å². The molecule has 1 aliphatic heterocycles. The van der Waals surface area contributed by atoms with Crippen LogP contribution in [-0.2, 0) is 6.42 Å². The number of rotatable bonds is 3. The van der Waals surface area contributed by atoms with Crippen LogP contribution in [0.2, 0.25) is 0 Å². The summed E-state index contributed by atoms with van der Waals surface area (Å²) >= 11 is 0. The minimum absolute atomic E-state index is 0.418. The van der Waals surface area contributed by atoms with Crippen LogP contribution in [0.3, 0.4) is 0 Å². The molecule has 1 N–H and O–H groups in total. The molecule has 3 heteroatoms. The van der Waals surface area contributed by atoms with Gasteiger partial charge in [-0.25, -0.2) is 0 Å². The van der Waals surface area contributed by atoms with E-state index in [0.29, 0.717) is 6.04 Å². The van der Waals surface area contributed by atoms with Gasteiger partial charge in [0.1, 0.15) is 11.5 Å². The number of nitrogens with one attached hydrogen (secondary N) is 1. The zero-order valence-electron chi connectivity index (χ0n) is 9.46. The van der Waals surface area contributed by atoms with Crippen molar-refractivity contribution in [1.29, 1.82) is 0 Å². The molecule has 1 saturated heterocycles. The molecule has 3 nitrogen and oxygen atoms in total. The molecule has 15 heavy (non-hydrogen) atoms. The number of aromatic nitrogens is 1. The summed E-state index contributed by atoms with van der Waals surface area (Å²) in [5, 5.41) is 7.69. The molecule has 0 unspecified atom stereocenters. The number of aryl methyl sites for hydroxylation is 1. The molecule has 0 aromatic carbocycles. The van der Waals surface area contributed by atoms with Gasteiger partial charge in [-0.2, -0.15) is 0 Å². The van der Waals surface area contributed by atoms with Crippen LogP contribution in [0, 0.1) is 0 Å². The van der Waals surface area contributed by atoms with E-state index in [0.717, 1.165) is 30.8 Å². The predicted octanol–water partition coefficient (Wildman–Crippen LogP) is 2.83. The zero-order chi connectivity index (χ0) is 10.5. The second-order valence-electron chi connectivity index (χ2n) is 4.32. The summed E-state index contributed by atoms with van der Waals surface area (Å²) in [5.74, 6) is 1.03. The molecule has 0 aliphatic carbocycles. The van der Waals surface area contributed by atoms with Crippen LogP contribution in [0.25, 0.3) is 0 Å². The highest BCUT2D eigenvalue weighted by molar-refractivity contribution is 5.10. The minimum atomic E-state index is 0.418. The predicted molar refractivity (Wildman–Crippen MR) is 59.7 cm³/mol. The van der Waals surface area contributed by atoms with Crippen molar-refractivity contribution in [3.63, 3.8) is 0 Å².